The fourth-order valence-electron chi connectivity index (χ4n) is 1.98. The summed E-state index contributed by atoms with van der Waals surface area (Å²) in [6.45, 7) is 9.42. The number of pyridine rings is 1. The van der Waals surface area contributed by atoms with Crippen LogP contribution in [-0.4, -0.2) is 48.3 Å². The lowest BCUT2D eigenvalue weighted by Gasteiger charge is -2.27. The lowest BCUT2D eigenvalue weighted by molar-refractivity contribution is 0.0257. The van der Waals surface area contributed by atoms with E-state index >= 15 is 0 Å². The summed E-state index contributed by atoms with van der Waals surface area (Å²) in [6.07, 6.45) is 0.589. The number of nitrogen functional groups attached to an aromatic ring is 1. The predicted octanol–water partition coefficient (Wildman–Crippen LogP) is 2.76. The number of aromatic nitrogens is 1. The van der Waals surface area contributed by atoms with Crippen molar-refractivity contribution in [3.05, 3.63) is 12.1 Å². The molecule has 0 radical (unpaired) electrons. The molecule has 0 spiro atoms. The molecular formula is C16H29N5O2. The Balaban J connectivity index is 2.57. The highest BCUT2D eigenvalue weighted by atomic mass is 16.6. The average Bonchev–Trinajstić information content (AvgIpc) is 2.46. The molecule has 7 heteroatoms. The summed E-state index contributed by atoms with van der Waals surface area (Å²) in [7, 11) is 1.77. The summed E-state index contributed by atoms with van der Waals surface area (Å²) >= 11 is 0. The lowest BCUT2D eigenvalue weighted by atomic mass is 10.2. The number of nitrogens with zero attached hydrogens (tertiary/aromatic N) is 2. The Morgan fingerprint density at radius 2 is 2.04 bits per heavy atom. The van der Waals surface area contributed by atoms with Crippen molar-refractivity contribution in [1.82, 2.24) is 9.88 Å². The number of nitrogens with one attached hydrogen (secondary N) is 2. The predicted molar refractivity (Wildman–Crippen MR) is 94.8 cm³/mol. The van der Waals surface area contributed by atoms with E-state index in [1.165, 1.54) is 0 Å². The Morgan fingerprint density at radius 3 is 2.61 bits per heavy atom. The number of amides is 1. The van der Waals surface area contributed by atoms with E-state index in [0.29, 0.717) is 37.0 Å². The molecule has 0 aliphatic carbocycles. The molecular weight excluding hydrogens is 294 g/mol. The minimum atomic E-state index is -0.489. The van der Waals surface area contributed by atoms with Crippen LogP contribution in [0.15, 0.2) is 12.1 Å². The molecule has 0 atom stereocenters. The van der Waals surface area contributed by atoms with Crippen molar-refractivity contribution >= 4 is 23.4 Å². The summed E-state index contributed by atoms with van der Waals surface area (Å²) in [5, 5.41) is 6.14. The van der Waals surface area contributed by atoms with Crippen LogP contribution in [-0.2, 0) is 4.74 Å². The Morgan fingerprint density at radius 1 is 1.35 bits per heavy atom. The van der Waals surface area contributed by atoms with Gasteiger partial charge in [0, 0.05) is 26.7 Å². The largest absolute Gasteiger partial charge is 0.444 e. The average molecular weight is 323 g/mol. The maximum absolute atomic E-state index is 12.2. The van der Waals surface area contributed by atoms with Gasteiger partial charge in [0.25, 0.3) is 0 Å². The minimum absolute atomic E-state index is 0.290. The molecule has 1 aromatic heterocycles. The minimum Gasteiger partial charge on any atom is -0.444 e. The maximum Gasteiger partial charge on any atom is 0.410 e. The highest BCUT2D eigenvalue weighted by Gasteiger charge is 2.21. The number of rotatable bonds is 7. The van der Waals surface area contributed by atoms with Gasteiger partial charge >= 0.3 is 6.09 Å². The van der Waals surface area contributed by atoms with E-state index in [1.54, 1.807) is 18.0 Å². The van der Waals surface area contributed by atoms with E-state index < -0.39 is 5.60 Å². The zero-order valence-corrected chi connectivity index (χ0v) is 14.8. The molecule has 1 aromatic rings. The Bertz CT molecular complexity index is 514. The third-order valence-corrected chi connectivity index (χ3v) is 3.00. The second kappa shape index (κ2) is 8.45. The molecule has 0 unspecified atom stereocenters. The summed E-state index contributed by atoms with van der Waals surface area (Å²) in [5.74, 6) is 1.34. The zero-order valence-electron chi connectivity index (χ0n) is 14.8. The summed E-state index contributed by atoms with van der Waals surface area (Å²) in [6, 6.07) is 3.60. The summed E-state index contributed by atoms with van der Waals surface area (Å²) in [5.41, 5.74) is 5.90. The molecule has 1 heterocycles. The van der Waals surface area contributed by atoms with Crippen LogP contribution in [0, 0.1) is 0 Å². The van der Waals surface area contributed by atoms with E-state index in [2.05, 4.69) is 15.6 Å². The first kappa shape index (κ1) is 18.9. The SMILES string of the molecule is CCCN(CCNc1ccc(N)c(NC)n1)C(=O)OC(C)(C)C. The molecule has 0 bridgehead atoms. The van der Waals surface area contributed by atoms with Crippen LogP contribution in [0.25, 0.3) is 0 Å². The van der Waals surface area contributed by atoms with Crippen LogP contribution in [0.3, 0.4) is 0 Å². The first-order valence-electron chi connectivity index (χ1n) is 7.93. The van der Waals surface area contributed by atoms with Gasteiger partial charge < -0.3 is 26.0 Å². The van der Waals surface area contributed by atoms with Crippen LogP contribution in [0.5, 0.6) is 0 Å². The first-order valence-corrected chi connectivity index (χ1v) is 7.93. The van der Waals surface area contributed by atoms with E-state index in [1.807, 2.05) is 33.8 Å². The van der Waals surface area contributed by atoms with Crippen molar-refractivity contribution in [3.63, 3.8) is 0 Å². The van der Waals surface area contributed by atoms with Crippen LogP contribution in [0.2, 0.25) is 0 Å². The second-order valence-corrected chi connectivity index (χ2v) is 6.28. The van der Waals surface area contributed by atoms with Crippen LogP contribution >= 0.6 is 0 Å². The van der Waals surface area contributed by atoms with Gasteiger partial charge in [-0.3, -0.25) is 0 Å². The smallest absolute Gasteiger partial charge is 0.410 e. The number of hydrogen-bond acceptors (Lipinski definition) is 6. The number of anilines is 3. The molecule has 23 heavy (non-hydrogen) atoms. The van der Waals surface area contributed by atoms with Gasteiger partial charge in [0.15, 0.2) is 5.82 Å². The fraction of sp³-hybridized carbons (Fsp3) is 0.625. The topological polar surface area (TPSA) is 92.5 Å². The number of hydrogen-bond donors (Lipinski definition) is 3. The molecule has 0 saturated carbocycles. The van der Waals surface area contributed by atoms with Gasteiger partial charge in [-0.2, -0.15) is 0 Å². The van der Waals surface area contributed by atoms with E-state index in [-0.39, 0.29) is 6.09 Å². The van der Waals surface area contributed by atoms with Gasteiger partial charge in [0.1, 0.15) is 11.4 Å². The van der Waals surface area contributed by atoms with Gasteiger partial charge in [0.05, 0.1) is 5.69 Å². The Hall–Kier alpha value is -2.18. The Labute approximate surface area is 138 Å². The molecule has 0 fully saturated rings. The highest BCUT2D eigenvalue weighted by Crippen LogP contribution is 2.17. The number of carbonyl (C=O) groups is 1. The highest BCUT2D eigenvalue weighted by molar-refractivity contribution is 5.68. The third kappa shape index (κ3) is 6.63. The van der Waals surface area contributed by atoms with Crippen molar-refractivity contribution in [2.45, 2.75) is 39.7 Å². The van der Waals surface area contributed by atoms with Gasteiger partial charge in [-0.1, -0.05) is 6.92 Å². The summed E-state index contributed by atoms with van der Waals surface area (Å²) in [4.78, 5) is 18.2. The van der Waals surface area contributed by atoms with E-state index in [4.69, 9.17) is 10.5 Å². The molecule has 1 amide bonds. The molecule has 0 saturated heterocycles. The normalized spacial score (nSPS) is 11.0. The third-order valence-electron chi connectivity index (χ3n) is 3.00. The lowest BCUT2D eigenvalue weighted by Crippen LogP contribution is -2.39. The van der Waals surface area contributed by atoms with Crippen molar-refractivity contribution in [2.24, 2.45) is 0 Å². The molecule has 1 rings (SSSR count). The van der Waals surface area contributed by atoms with Crippen molar-refractivity contribution in [3.8, 4) is 0 Å². The van der Waals surface area contributed by atoms with Gasteiger partial charge in [0.2, 0.25) is 0 Å². The maximum atomic E-state index is 12.2. The zero-order chi connectivity index (χ0) is 17.5. The Kier molecular flexibility index (Phi) is 6.93. The van der Waals surface area contributed by atoms with E-state index in [9.17, 15) is 4.79 Å². The quantitative estimate of drug-likeness (QED) is 0.714. The number of ether oxygens (including phenoxy) is 1. The first-order chi connectivity index (χ1) is 10.8. The van der Waals surface area contributed by atoms with E-state index in [0.717, 1.165) is 6.42 Å². The number of carbonyl (C=O) groups excluding carboxylic acids is 1. The number of nitrogens with two attached hydrogens (primary N) is 1. The van der Waals surface area contributed by atoms with Gasteiger partial charge in [-0.05, 0) is 39.3 Å². The second-order valence-electron chi connectivity index (χ2n) is 6.28. The van der Waals surface area contributed by atoms with Crippen molar-refractivity contribution < 1.29 is 9.53 Å². The summed E-state index contributed by atoms with van der Waals surface area (Å²) < 4.78 is 5.42. The standard InChI is InChI=1S/C16H29N5O2/c1-6-10-21(15(22)23-16(2,3)4)11-9-19-13-8-7-12(17)14(18-5)20-13/h7-8H,6,9-11,17H2,1-5H3,(H2,18,19,20). The molecule has 130 valence electrons. The van der Waals surface area contributed by atoms with Gasteiger partial charge in [-0.25, -0.2) is 9.78 Å². The monoisotopic (exact) mass is 323 g/mol. The van der Waals surface area contributed by atoms with Crippen molar-refractivity contribution in [1.29, 1.82) is 0 Å². The fourth-order valence-corrected chi connectivity index (χ4v) is 1.98. The molecule has 0 aliphatic rings. The molecule has 0 aliphatic heterocycles. The molecule has 4 N–H and O–H groups in total. The van der Waals surface area contributed by atoms with Crippen molar-refractivity contribution in [2.75, 3.05) is 43.0 Å². The van der Waals surface area contributed by atoms with Crippen LogP contribution in [0.1, 0.15) is 34.1 Å². The van der Waals surface area contributed by atoms with Gasteiger partial charge in [-0.15, -0.1) is 0 Å². The molecule has 7 nitrogen and oxygen atoms in total. The molecule has 0 aromatic carbocycles. The van der Waals surface area contributed by atoms with Crippen LogP contribution in [0.4, 0.5) is 22.1 Å². The van der Waals surface area contributed by atoms with Crippen LogP contribution < -0.4 is 16.4 Å².